The molecule has 0 spiro atoms. The summed E-state index contributed by atoms with van der Waals surface area (Å²) < 4.78 is 26.7. The van der Waals surface area contributed by atoms with Crippen molar-refractivity contribution >= 4 is 22.3 Å². The molecule has 0 amide bonds. The van der Waals surface area contributed by atoms with E-state index >= 15 is 0 Å². The fraction of sp³-hybridized carbons (Fsp3) is 0.222. The van der Waals surface area contributed by atoms with Crippen molar-refractivity contribution in [1.29, 1.82) is 0 Å². The highest BCUT2D eigenvalue weighted by Crippen LogP contribution is 2.20. The number of hydrogen-bond acceptors (Lipinski definition) is 5. The minimum absolute atomic E-state index is 0.0155. The summed E-state index contributed by atoms with van der Waals surface area (Å²) in [4.78, 5) is 21.8. The van der Waals surface area contributed by atoms with E-state index in [4.69, 9.17) is 5.11 Å². The van der Waals surface area contributed by atoms with Gasteiger partial charge in [-0.05, 0) is 41.8 Å². The van der Waals surface area contributed by atoms with Gasteiger partial charge in [-0.2, -0.15) is 0 Å². The monoisotopic (exact) mass is 377 g/mol. The van der Waals surface area contributed by atoms with E-state index in [9.17, 15) is 23.1 Å². The summed E-state index contributed by atoms with van der Waals surface area (Å²) in [6.45, 7) is 0.166. The third-order valence-electron chi connectivity index (χ3n) is 3.86. The molecular weight excluding hydrogens is 358 g/mol. The summed E-state index contributed by atoms with van der Waals surface area (Å²) >= 11 is 0. The molecule has 7 nitrogen and oxygen atoms in total. The van der Waals surface area contributed by atoms with Crippen LogP contribution in [0, 0.1) is 0 Å². The molecular formula is C18H19NO6S. The van der Waals surface area contributed by atoms with Crippen molar-refractivity contribution in [2.75, 3.05) is 6.54 Å². The normalized spacial score (nSPS) is 12.5. The number of phenolic OH excluding ortho intramolecular Hbond substituents is 1. The third-order valence-corrected chi connectivity index (χ3v) is 5.34. The molecule has 2 aromatic carbocycles. The predicted octanol–water partition coefficient (Wildman–Crippen LogP) is 1.67. The third kappa shape index (κ3) is 5.14. The molecule has 0 bridgehead atoms. The van der Waals surface area contributed by atoms with Gasteiger partial charge in [0.2, 0.25) is 10.0 Å². The van der Waals surface area contributed by atoms with Crippen LogP contribution in [0.5, 0.6) is 5.75 Å². The number of aliphatic carboxylic acids is 1. The van der Waals surface area contributed by atoms with Gasteiger partial charge in [-0.15, -0.1) is 0 Å². The first kappa shape index (κ1) is 19.6. The maximum atomic E-state index is 12.1. The number of carbonyl (C=O) groups excluding carboxylic acids is 1. The SMILES string of the molecule is O=CCC(C(=O)O)c1ccc(CCNS(=O)(=O)c2ccc(O)cc2)cc1. The second-order valence-corrected chi connectivity index (χ2v) is 7.44. The number of aromatic hydroxyl groups is 1. The lowest BCUT2D eigenvalue weighted by Crippen LogP contribution is -2.25. The molecule has 8 heteroatoms. The van der Waals surface area contributed by atoms with Crippen LogP contribution in [0.2, 0.25) is 0 Å². The second-order valence-electron chi connectivity index (χ2n) is 5.68. The molecule has 0 aliphatic rings. The number of nitrogens with one attached hydrogen (secondary N) is 1. The Morgan fingerprint density at radius 2 is 1.69 bits per heavy atom. The number of phenols is 1. The minimum Gasteiger partial charge on any atom is -0.508 e. The maximum Gasteiger partial charge on any atom is 0.311 e. The standard InChI is InChI=1S/C18H19NO6S/c20-12-10-17(18(22)23)14-3-1-13(2-4-14)9-11-19-26(24,25)16-7-5-15(21)6-8-16/h1-8,12,17,19,21H,9-11H2,(H,22,23). The number of hydrogen-bond donors (Lipinski definition) is 3. The zero-order valence-corrected chi connectivity index (χ0v) is 14.6. The molecule has 1 unspecified atom stereocenters. The predicted molar refractivity (Wildman–Crippen MR) is 94.5 cm³/mol. The molecule has 2 aromatic rings. The largest absolute Gasteiger partial charge is 0.508 e. The van der Waals surface area contributed by atoms with Gasteiger partial charge < -0.3 is 15.0 Å². The summed E-state index contributed by atoms with van der Waals surface area (Å²) in [5.74, 6) is -1.96. The van der Waals surface area contributed by atoms with E-state index in [1.165, 1.54) is 24.3 Å². The molecule has 0 saturated heterocycles. The van der Waals surface area contributed by atoms with Crippen molar-refractivity contribution in [2.45, 2.75) is 23.7 Å². The van der Waals surface area contributed by atoms with Crippen LogP contribution in [0.3, 0.4) is 0 Å². The molecule has 138 valence electrons. The maximum absolute atomic E-state index is 12.1. The highest BCUT2D eigenvalue weighted by Gasteiger charge is 2.19. The number of aldehydes is 1. The topological polar surface area (TPSA) is 121 Å². The fourth-order valence-electron chi connectivity index (χ4n) is 2.43. The summed E-state index contributed by atoms with van der Waals surface area (Å²) in [6.07, 6.45) is 0.898. The second kappa shape index (κ2) is 8.59. The Kier molecular flexibility index (Phi) is 6.48. The fourth-order valence-corrected chi connectivity index (χ4v) is 3.46. The lowest BCUT2D eigenvalue weighted by molar-refractivity contribution is -0.139. The van der Waals surface area contributed by atoms with Crippen LogP contribution in [0.1, 0.15) is 23.5 Å². The van der Waals surface area contributed by atoms with E-state index in [2.05, 4.69) is 4.72 Å². The van der Waals surface area contributed by atoms with E-state index in [1.807, 2.05) is 0 Å². The molecule has 0 aliphatic heterocycles. The van der Waals surface area contributed by atoms with Gasteiger partial charge in [-0.3, -0.25) is 4.79 Å². The lowest BCUT2D eigenvalue weighted by atomic mass is 9.95. The zero-order chi connectivity index (χ0) is 19.2. The Labute approximate surface area is 151 Å². The quantitative estimate of drug-likeness (QED) is 0.572. The number of carboxylic acids is 1. The van der Waals surface area contributed by atoms with Crippen LogP contribution in [0.25, 0.3) is 0 Å². The van der Waals surface area contributed by atoms with E-state index in [1.54, 1.807) is 24.3 Å². The molecule has 0 heterocycles. The average molecular weight is 377 g/mol. The Morgan fingerprint density at radius 3 is 2.23 bits per heavy atom. The van der Waals surface area contributed by atoms with E-state index < -0.39 is 21.9 Å². The molecule has 0 aromatic heterocycles. The average Bonchev–Trinajstić information content (AvgIpc) is 2.60. The van der Waals surface area contributed by atoms with Gasteiger partial charge in [0.15, 0.2) is 0 Å². The smallest absolute Gasteiger partial charge is 0.311 e. The Bertz CT molecular complexity index is 860. The number of carboxylic acid groups (broad SMARTS) is 1. The lowest BCUT2D eigenvalue weighted by Gasteiger charge is -2.11. The van der Waals surface area contributed by atoms with Crippen LogP contribution < -0.4 is 4.72 Å². The molecule has 2 rings (SSSR count). The van der Waals surface area contributed by atoms with Crippen molar-refractivity contribution in [3.8, 4) is 5.75 Å². The molecule has 0 fully saturated rings. The summed E-state index contributed by atoms with van der Waals surface area (Å²) in [5, 5.41) is 18.3. The number of sulfonamides is 1. The summed E-state index contributed by atoms with van der Waals surface area (Å²) in [6, 6.07) is 11.9. The van der Waals surface area contributed by atoms with Crippen molar-refractivity contribution in [3.63, 3.8) is 0 Å². The van der Waals surface area contributed by atoms with Crippen molar-refractivity contribution < 1.29 is 28.2 Å². The minimum atomic E-state index is -3.67. The van der Waals surface area contributed by atoms with Gasteiger partial charge in [-0.25, -0.2) is 13.1 Å². The van der Waals surface area contributed by atoms with E-state index in [0.717, 1.165) is 5.56 Å². The van der Waals surface area contributed by atoms with Gasteiger partial charge >= 0.3 is 5.97 Å². The van der Waals surface area contributed by atoms with Gasteiger partial charge in [0.25, 0.3) is 0 Å². The first-order valence-corrected chi connectivity index (χ1v) is 9.36. The van der Waals surface area contributed by atoms with Gasteiger partial charge in [0.1, 0.15) is 12.0 Å². The number of carbonyl (C=O) groups is 2. The summed E-state index contributed by atoms with van der Waals surface area (Å²) in [5.41, 5.74) is 1.36. The zero-order valence-electron chi connectivity index (χ0n) is 13.8. The van der Waals surface area contributed by atoms with Crippen LogP contribution in [0.15, 0.2) is 53.4 Å². The van der Waals surface area contributed by atoms with Crippen molar-refractivity contribution in [3.05, 3.63) is 59.7 Å². The van der Waals surface area contributed by atoms with Crippen LogP contribution in [-0.2, 0) is 26.0 Å². The first-order chi connectivity index (χ1) is 12.3. The van der Waals surface area contributed by atoms with Gasteiger partial charge in [0, 0.05) is 13.0 Å². The molecule has 0 aliphatic carbocycles. The Balaban J connectivity index is 1.96. The van der Waals surface area contributed by atoms with E-state index in [0.29, 0.717) is 18.3 Å². The first-order valence-electron chi connectivity index (χ1n) is 7.87. The Hall–Kier alpha value is -2.71. The summed E-state index contributed by atoms with van der Waals surface area (Å²) in [7, 11) is -3.67. The molecule has 3 N–H and O–H groups in total. The van der Waals surface area contributed by atoms with Crippen LogP contribution in [0.4, 0.5) is 0 Å². The molecule has 26 heavy (non-hydrogen) atoms. The highest BCUT2D eigenvalue weighted by atomic mass is 32.2. The molecule has 0 radical (unpaired) electrons. The Morgan fingerprint density at radius 1 is 1.08 bits per heavy atom. The molecule has 1 atom stereocenters. The van der Waals surface area contributed by atoms with Crippen LogP contribution >= 0.6 is 0 Å². The van der Waals surface area contributed by atoms with Gasteiger partial charge in [0.05, 0.1) is 10.8 Å². The number of rotatable bonds is 9. The van der Waals surface area contributed by atoms with Crippen LogP contribution in [-0.4, -0.2) is 37.4 Å². The van der Waals surface area contributed by atoms with Crippen molar-refractivity contribution in [1.82, 2.24) is 4.72 Å². The number of benzene rings is 2. The highest BCUT2D eigenvalue weighted by molar-refractivity contribution is 7.89. The van der Waals surface area contributed by atoms with E-state index in [-0.39, 0.29) is 23.6 Å². The molecule has 0 saturated carbocycles. The van der Waals surface area contributed by atoms with Crippen molar-refractivity contribution in [2.24, 2.45) is 0 Å². The van der Waals surface area contributed by atoms with Gasteiger partial charge in [-0.1, -0.05) is 24.3 Å².